The Morgan fingerprint density at radius 3 is 2.74 bits per heavy atom. The number of carbonyl (C=O) groups is 2. The number of benzene rings is 1. The molecule has 2 rings (SSSR count). The minimum atomic E-state index is -0.501. The van der Waals surface area contributed by atoms with Crippen molar-refractivity contribution in [2.24, 2.45) is 5.92 Å². The van der Waals surface area contributed by atoms with E-state index in [1.807, 2.05) is 11.9 Å². The lowest BCUT2D eigenvalue weighted by atomic mass is 10.1. The van der Waals surface area contributed by atoms with Gasteiger partial charge in [-0.25, -0.2) is 4.39 Å². The van der Waals surface area contributed by atoms with E-state index in [4.69, 9.17) is 11.6 Å². The van der Waals surface area contributed by atoms with E-state index in [1.54, 1.807) is 18.0 Å². The van der Waals surface area contributed by atoms with Crippen LogP contribution in [0, 0.1) is 11.7 Å². The summed E-state index contributed by atoms with van der Waals surface area (Å²) in [5.41, 5.74) is 0.662. The summed E-state index contributed by atoms with van der Waals surface area (Å²) >= 11 is 5.75. The molecule has 1 atom stereocenters. The molecule has 1 N–H and O–H groups in total. The molecule has 1 saturated heterocycles. The molecule has 23 heavy (non-hydrogen) atoms. The largest absolute Gasteiger partial charge is 0.359 e. The third kappa shape index (κ3) is 4.65. The van der Waals surface area contributed by atoms with Crippen molar-refractivity contribution < 1.29 is 14.0 Å². The van der Waals surface area contributed by atoms with Crippen LogP contribution in [0.25, 0.3) is 0 Å². The zero-order valence-corrected chi connectivity index (χ0v) is 14.1. The van der Waals surface area contributed by atoms with Crippen molar-refractivity contribution in [1.29, 1.82) is 0 Å². The number of likely N-dealkylation sites (N-methyl/N-ethyl adjacent to an activating group) is 1. The molecule has 1 aliphatic rings. The molecule has 0 aliphatic carbocycles. The predicted octanol–water partition coefficient (Wildman–Crippen LogP) is 1.16. The summed E-state index contributed by atoms with van der Waals surface area (Å²) in [4.78, 5) is 28.2. The zero-order chi connectivity index (χ0) is 17.0. The molecule has 7 heteroatoms. The number of hydrogen-bond donors (Lipinski definition) is 1. The normalized spacial score (nSPS) is 19.3. The Balaban J connectivity index is 2.07. The Kier molecular flexibility index (Phi) is 5.96. The minimum absolute atomic E-state index is 0.00846. The standard InChI is InChI=1S/C16H21ClFN3O2/c1-19-16(23)12-9-20(2)5-6-21(10-12)15(22)8-11-3-4-14(18)13(17)7-11/h3-4,7,12H,5-6,8-10H2,1-2H3,(H,19,23)/t12-/m1/s1. The van der Waals surface area contributed by atoms with Crippen molar-refractivity contribution >= 4 is 23.4 Å². The van der Waals surface area contributed by atoms with E-state index in [-0.39, 0.29) is 29.2 Å². The maximum Gasteiger partial charge on any atom is 0.227 e. The van der Waals surface area contributed by atoms with Crippen LogP contribution in [0.1, 0.15) is 5.56 Å². The van der Waals surface area contributed by atoms with Gasteiger partial charge in [0, 0.05) is 33.2 Å². The average molecular weight is 342 g/mol. The first-order valence-corrected chi connectivity index (χ1v) is 7.90. The fourth-order valence-corrected chi connectivity index (χ4v) is 2.91. The third-order valence-corrected chi connectivity index (χ3v) is 4.32. The Bertz CT molecular complexity index is 597. The van der Waals surface area contributed by atoms with Crippen LogP contribution in [0.15, 0.2) is 18.2 Å². The van der Waals surface area contributed by atoms with E-state index in [9.17, 15) is 14.0 Å². The number of nitrogens with zero attached hydrogens (tertiary/aromatic N) is 2. The third-order valence-electron chi connectivity index (χ3n) is 4.03. The maximum atomic E-state index is 13.2. The molecular weight excluding hydrogens is 321 g/mol. The number of halogens is 2. The van der Waals surface area contributed by atoms with Crippen molar-refractivity contribution in [3.63, 3.8) is 0 Å². The molecule has 1 aromatic rings. The molecule has 0 bridgehead atoms. The summed E-state index contributed by atoms with van der Waals surface area (Å²) in [5.74, 6) is -0.912. The second-order valence-electron chi connectivity index (χ2n) is 5.84. The molecule has 1 heterocycles. The lowest BCUT2D eigenvalue weighted by Crippen LogP contribution is -2.41. The zero-order valence-electron chi connectivity index (χ0n) is 13.3. The van der Waals surface area contributed by atoms with Crippen LogP contribution < -0.4 is 5.32 Å². The van der Waals surface area contributed by atoms with Gasteiger partial charge in [0.25, 0.3) is 0 Å². The van der Waals surface area contributed by atoms with Gasteiger partial charge < -0.3 is 15.1 Å². The highest BCUT2D eigenvalue weighted by Gasteiger charge is 2.28. The van der Waals surface area contributed by atoms with Gasteiger partial charge in [-0.05, 0) is 24.7 Å². The molecule has 1 aromatic carbocycles. The van der Waals surface area contributed by atoms with Gasteiger partial charge in [-0.2, -0.15) is 0 Å². The maximum absolute atomic E-state index is 13.2. The molecule has 1 aliphatic heterocycles. The van der Waals surface area contributed by atoms with Crippen LogP contribution in [-0.4, -0.2) is 61.9 Å². The highest BCUT2D eigenvalue weighted by atomic mass is 35.5. The molecule has 0 saturated carbocycles. The molecule has 5 nitrogen and oxygen atoms in total. The first-order valence-electron chi connectivity index (χ1n) is 7.52. The summed E-state index contributed by atoms with van der Waals surface area (Å²) in [7, 11) is 3.53. The van der Waals surface area contributed by atoms with Crippen LogP contribution in [-0.2, 0) is 16.0 Å². The van der Waals surface area contributed by atoms with Crippen molar-refractivity contribution in [3.8, 4) is 0 Å². The van der Waals surface area contributed by atoms with Crippen molar-refractivity contribution in [2.45, 2.75) is 6.42 Å². The monoisotopic (exact) mass is 341 g/mol. The summed E-state index contributed by atoms with van der Waals surface area (Å²) in [6, 6.07) is 4.28. The number of amides is 2. The number of rotatable bonds is 3. The molecule has 0 aromatic heterocycles. The Labute approximate surface area is 140 Å². The molecule has 2 amide bonds. The SMILES string of the molecule is CNC(=O)[C@@H]1CN(C)CCN(C(=O)Cc2ccc(F)c(Cl)c2)C1. The Hall–Kier alpha value is -1.66. The van der Waals surface area contributed by atoms with Crippen LogP contribution in [0.2, 0.25) is 5.02 Å². The Morgan fingerprint density at radius 1 is 1.35 bits per heavy atom. The molecule has 0 radical (unpaired) electrons. The lowest BCUT2D eigenvalue weighted by Gasteiger charge is -2.23. The number of nitrogens with one attached hydrogen (secondary N) is 1. The number of hydrogen-bond acceptors (Lipinski definition) is 3. The molecule has 1 fully saturated rings. The van der Waals surface area contributed by atoms with E-state index < -0.39 is 5.82 Å². The summed E-state index contributed by atoms with van der Waals surface area (Å²) in [6.45, 7) is 2.28. The molecule has 126 valence electrons. The van der Waals surface area contributed by atoms with Crippen LogP contribution in [0.5, 0.6) is 0 Å². The van der Waals surface area contributed by atoms with Gasteiger partial charge in [-0.3, -0.25) is 9.59 Å². The van der Waals surface area contributed by atoms with Gasteiger partial charge in [-0.1, -0.05) is 17.7 Å². The molecular formula is C16H21ClFN3O2. The first-order chi connectivity index (χ1) is 10.9. The van der Waals surface area contributed by atoms with Crippen LogP contribution in [0.4, 0.5) is 4.39 Å². The van der Waals surface area contributed by atoms with Crippen molar-refractivity contribution in [1.82, 2.24) is 15.1 Å². The fourth-order valence-electron chi connectivity index (χ4n) is 2.71. The predicted molar refractivity (Wildman–Crippen MR) is 86.7 cm³/mol. The summed E-state index contributed by atoms with van der Waals surface area (Å²) in [5, 5.41) is 2.65. The van der Waals surface area contributed by atoms with Crippen LogP contribution in [0.3, 0.4) is 0 Å². The Morgan fingerprint density at radius 2 is 2.09 bits per heavy atom. The van der Waals surface area contributed by atoms with E-state index in [1.165, 1.54) is 12.1 Å². The van der Waals surface area contributed by atoms with Gasteiger partial charge >= 0.3 is 0 Å². The van der Waals surface area contributed by atoms with E-state index in [0.717, 1.165) is 0 Å². The topological polar surface area (TPSA) is 52.7 Å². The van der Waals surface area contributed by atoms with Crippen molar-refractivity contribution in [3.05, 3.63) is 34.6 Å². The highest BCUT2D eigenvalue weighted by molar-refractivity contribution is 6.30. The quantitative estimate of drug-likeness (QED) is 0.897. The van der Waals surface area contributed by atoms with Gasteiger partial charge in [0.2, 0.25) is 11.8 Å². The summed E-state index contributed by atoms with van der Waals surface area (Å²) in [6.07, 6.45) is 0.143. The van der Waals surface area contributed by atoms with Crippen molar-refractivity contribution in [2.75, 3.05) is 40.3 Å². The summed E-state index contributed by atoms with van der Waals surface area (Å²) < 4.78 is 13.2. The molecule has 0 spiro atoms. The van der Waals surface area contributed by atoms with Gasteiger partial charge in [0.1, 0.15) is 5.82 Å². The molecule has 0 unspecified atom stereocenters. The van der Waals surface area contributed by atoms with E-state index >= 15 is 0 Å². The minimum Gasteiger partial charge on any atom is -0.359 e. The second-order valence-corrected chi connectivity index (χ2v) is 6.25. The average Bonchev–Trinajstić information content (AvgIpc) is 2.72. The van der Waals surface area contributed by atoms with Gasteiger partial charge in [0.05, 0.1) is 17.4 Å². The fraction of sp³-hybridized carbons (Fsp3) is 0.500. The van der Waals surface area contributed by atoms with E-state index in [2.05, 4.69) is 5.32 Å². The van der Waals surface area contributed by atoms with Crippen LogP contribution >= 0.6 is 11.6 Å². The lowest BCUT2D eigenvalue weighted by molar-refractivity contribution is -0.132. The highest BCUT2D eigenvalue weighted by Crippen LogP contribution is 2.17. The van der Waals surface area contributed by atoms with Gasteiger partial charge in [-0.15, -0.1) is 0 Å². The second kappa shape index (κ2) is 7.75. The number of carbonyl (C=O) groups excluding carboxylic acids is 2. The first kappa shape index (κ1) is 17.7. The smallest absolute Gasteiger partial charge is 0.227 e. The van der Waals surface area contributed by atoms with Gasteiger partial charge in [0.15, 0.2) is 0 Å². The van der Waals surface area contributed by atoms with E-state index in [0.29, 0.717) is 31.7 Å².